The highest BCUT2D eigenvalue weighted by Crippen LogP contribution is 2.43. The number of hydrogen-bond donors (Lipinski definition) is 3. The number of benzene rings is 3. The molecule has 5 rings (SSSR count). The number of nitrogens with one attached hydrogen (secondary N) is 1. The first-order valence-corrected chi connectivity index (χ1v) is 14.2. The van der Waals surface area contributed by atoms with Gasteiger partial charge in [-0.05, 0) is 47.5 Å². The minimum Gasteiger partial charge on any atom is -0.478 e. The van der Waals surface area contributed by atoms with Crippen molar-refractivity contribution in [3.8, 4) is 0 Å². The average Bonchev–Trinajstić information content (AvgIpc) is 3.01. The Bertz CT molecular complexity index is 1500. The number of carbonyl (C=O) groups is 2. The fourth-order valence-corrected chi connectivity index (χ4v) is 5.93. The molecule has 1 saturated heterocycles. The second-order valence-corrected chi connectivity index (χ2v) is 10.8. The summed E-state index contributed by atoms with van der Waals surface area (Å²) in [4.78, 5) is 29.1. The van der Waals surface area contributed by atoms with Crippen LogP contribution in [-0.2, 0) is 16.1 Å². The number of carboxylic acid groups (broad SMARTS) is 1. The zero-order valence-corrected chi connectivity index (χ0v) is 23.2. The number of aliphatic hydroxyl groups excluding tert-OH is 1. The number of anilines is 1. The van der Waals surface area contributed by atoms with Gasteiger partial charge >= 0.3 is 5.97 Å². The molecule has 4 unspecified atom stereocenters. The van der Waals surface area contributed by atoms with Crippen LogP contribution >= 0.6 is 11.8 Å². The lowest BCUT2D eigenvalue weighted by Gasteiger charge is -2.41. The summed E-state index contributed by atoms with van der Waals surface area (Å²) in [6.07, 6.45) is 1.78. The normalized spacial score (nSPS) is 20.3. The summed E-state index contributed by atoms with van der Waals surface area (Å²) in [7, 11) is 0. The van der Waals surface area contributed by atoms with Gasteiger partial charge in [0.25, 0.3) is 5.91 Å². The largest absolute Gasteiger partial charge is 0.478 e. The predicted molar refractivity (Wildman–Crippen MR) is 156 cm³/mol. The third-order valence-electron chi connectivity index (χ3n) is 6.98. The molecule has 0 spiro atoms. The van der Waals surface area contributed by atoms with Crippen LogP contribution in [0.3, 0.4) is 0 Å². The number of aliphatic hydroxyl groups is 1. The number of aromatic nitrogens is 1. The van der Waals surface area contributed by atoms with Gasteiger partial charge < -0.3 is 25.0 Å². The highest BCUT2D eigenvalue weighted by Gasteiger charge is 2.38. The number of rotatable bonds is 9. The van der Waals surface area contributed by atoms with Crippen molar-refractivity contribution < 1.29 is 29.3 Å². The summed E-state index contributed by atoms with van der Waals surface area (Å²) < 4.78 is 13.0. The maximum Gasteiger partial charge on any atom is 0.336 e. The van der Waals surface area contributed by atoms with E-state index in [0.29, 0.717) is 21.9 Å². The summed E-state index contributed by atoms with van der Waals surface area (Å²) in [6.45, 7) is 2.01. The van der Waals surface area contributed by atoms with Gasteiger partial charge in [-0.15, -0.1) is 11.8 Å². The summed E-state index contributed by atoms with van der Waals surface area (Å²) in [5.74, 6) is -0.806. The number of carboxylic acids is 1. The van der Waals surface area contributed by atoms with Gasteiger partial charge in [-0.1, -0.05) is 55.5 Å². The molecule has 1 aromatic heterocycles. The fourth-order valence-electron chi connectivity index (χ4n) is 4.71. The third-order valence-corrected chi connectivity index (χ3v) is 8.15. The Balaban J connectivity index is 1.40. The highest BCUT2D eigenvalue weighted by molar-refractivity contribution is 7.99. The first-order chi connectivity index (χ1) is 19.9. The Kier molecular flexibility index (Phi) is 9.11. The molecule has 4 aromatic rings. The lowest BCUT2D eigenvalue weighted by Crippen LogP contribution is -2.38. The molecule has 4 atom stereocenters. The van der Waals surface area contributed by atoms with Crippen LogP contribution in [0.4, 0.5) is 5.69 Å². The number of nitrogens with zero attached hydrogens (tertiary/aromatic N) is 1. The monoisotopic (exact) mass is 570 g/mol. The molecule has 0 aliphatic carbocycles. The van der Waals surface area contributed by atoms with E-state index in [2.05, 4.69) is 17.2 Å². The fraction of sp³-hybridized carbons (Fsp3) is 0.219. The summed E-state index contributed by atoms with van der Waals surface area (Å²) >= 11 is 1.44. The van der Waals surface area contributed by atoms with Crippen molar-refractivity contribution in [2.45, 2.75) is 36.9 Å². The van der Waals surface area contributed by atoms with E-state index in [1.165, 1.54) is 18.0 Å². The van der Waals surface area contributed by atoms with Crippen LogP contribution in [0.15, 0.2) is 102 Å². The zero-order valence-electron chi connectivity index (χ0n) is 22.3. The molecule has 0 bridgehead atoms. The molecule has 1 aliphatic rings. The van der Waals surface area contributed by atoms with Crippen molar-refractivity contribution in [3.63, 3.8) is 0 Å². The maximum atomic E-state index is 12.7. The van der Waals surface area contributed by atoms with Gasteiger partial charge in [0, 0.05) is 40.2 Å². The van der Waals surface area contributed by atoms with Crippen LogP contribution in [0.2, 0.25) is 0 Å². The number of pyridine rings is 1. The van der Waals surface area contributed by atoms with Gasteiger partial charge in [0.15, 0.2) is 6.29 Å². The van der Waals surface area contributed by atoms with Crippen molar-refractivity contribution >= 4 is 29.3 Å². The van der Waals surface area contributed by atoms with Crippen LogP contribution in [-0.4, -0.2) is 38.9 Å². The molecule has 2 heterocycles. The lowest BCUT2D eigenvalue weighted by molar-refractivity contribution is -0.268. The summed E-state index contributed by atoms with van der Waals surface area (Å²) in [5.41, 5.74) is 3.78. The molecule has 9 heteroatoms. The molecule has 0 saturated carbocycles. The molecule has 8 nitrogen and oxygen atoms in total. The molecule has 1 fully saturated rings. The highest BCUT2D eigenvalue weighted by atomic mass is 32.2. The smallest absolute Gasteiger partial charge is 0.336 e. The third kappa shape index (κ3) is 6.83. The second kappa shape index (κ2) is 13.1. The number of ether oxygens (including phenoxy) is 2. The standard InChI is InChI=1S/C32H30N2O6S/c1-20-27(19-41-28-10-3-2-9-26(28)31(37)38)39-32(40-29(20)22-13-11-21(18-35)12-14-22)23-6-4-8-25(16-23)34-30(36)24-7-5-15-33-17-24/h2-17,20,27,29,32,35H,18-19H2,1H3,(H,34,36)(H,37,38). The molecule has 1 aliphatic heterocycles. The first kappa shape index (κ1) is 28.5. The van der Waals surface area contributed by atoms with E-state index in [1.807, 2.05) is 48.5 Å². The molecule has 3 aromatic carbocycles. The van der Waals surface area contributed by atoms with E-state index in [-0.39, 0.29) is 36.2 Å². The molecule has 41 heavy (non-hydrogen) atoms. The van der Waals surface area contributed by atoms with E-state index in [4.69, 9.17) is 9.47 Å². The molecule has 3 N–H and O–H groups in total. The first-order valence-electron chi connectivity index (χ1n) is 13.2. The predicted octanol–water partition coefficient (Wildman–Crippen LogP) is 6.11. The van der Waals surface area contributed by atoms with Gasteiger partial charge in [0.05, 0.1) is 29.9 Å². The molecule has 210 valence electrons. The number of amides is 1. The number of hydrogen-bond acceptors (Lipinski definition) is 7. The minimum atomic E-state index is -0.973. The topological polar surface area (TPSA) is 118 Å². The van der Waals surface area contributed by atoms with Gasteiger partial charge in [0.2, 0.25) is 0 Å². The second-order valence-electron chi connectivity index (χ2n) is 9.76. The van der Waals surface area contributed by atoms with Crippen molar-refractivity contribution in [1.82, 2.24) is 4.98 Å². The van der Waals surface area contributed by atoms with Crippen molar-refractivity contribution in [1.29, 1.82) is 0 Å². The van der Waals surface area contributed by atoms with E-state index in [0.717, 1.165) is 16.7 Å². The van der Waals surface area contributed by atoms with E-state index in [9.17, 15) is 19.8 Å². The van der Waals surface area contributed by atoms with E-state index >= 15 is 0 Å². The molecule has 0 radical (unpaired) electrons. The number of thioether (sulfide) groups is 1. The van der Waals surface area contributed by atoms with E-state index in [1.54, 1.807) is 42.6 Å². The van der Waals surface area contributed by atoms with Crippen LogP contribution in [0, 0.1) is 5.92 Å². The van der Waals surface area contributed by atoms with Crippen molar-refractivity contribution in [2.75, 3.05) is 11.1 Å². The zero-order chi connectivity index (χ0) is 28.8. The summed E-state index contributed by atoms with van der Waals surface area (Å²) in [6, 6.07) is 25.3. The maximum absolute atomic E-state index is 12.7. The van der Waals surface area contributed by atoms with Gasteiger partial charge in [-0.25, -0.2) is 4.79 Å². The van der Waals surface area contributed by atoms with Gasteiger partial charge in [0.1, 0.15) is 0 Å². The Morgan fingerprint density at radius 3 is 2.49 bits per heavy atom. The Morgan fingerprint density at radius 1 is 0.951 bits per heavy atom. The SMILES string of the molecule is CC1C(CSc2ccccc2C(=O)O)OC(c2cccc(NC(=O)c3cccnc3)c2)OC1c1ccc(CO)cc1. The van der Waals surface area contributed by atoms with Gasteiger partial charge in [-0.2, -0.15) is 0 Å². The molecule has 1 amide bonds. The molecular formula is C32H30N2O6S. The summed E-state index contributed by atoms with van der Waals surface area (Å²) in [5, 5.41) is 22.0. The number of aromatic carboxylic acids is 1. The van der Waals surface area contributed by atoms with Crippen molar-refractivity contribution in [3.05, 3.63) is 125 Å². The molecular weight excluding hydrogens is 540 g/mol. The van der Waals surface area contributed by atoms with Crippen molar-refractivity contribution in [2.24, 2.45) is 5.92 Å². The lowest BCUT2D eigenvalue weighted by atomic mass is 9.91. The Morgan fingerprint density at radius 2 is 1.76 bits per heavy atom. The Labute approximate surface area is 242 Å². The van der Waals surface area contributed by atoms with Crippen LogP contribution < -0.4 is 5.32 Å². The van der Waals surface area contributed by atoms with Crippen LogP contribution in [0.25, 0.3) is 0 Å². The quantitative estimate of drug-likeness (QED) is 0.206. The minimum absolute atomic E-state index is 0.0487. The van der Waals surface area contributed by atoms with Crippen LogP contribution in [0.1, 0.15) is 56.7 Å². The average molecular weight is 571 g/mol. The van der Waals surface area contributed by atoms with Crippen LogP contribution in [0.5, 0.6) is 0 Å². The van der Waals surface area contributed by atoms with Gasteiger partial charge in [-0.3, -0.25) is 9.78 Å². The van der Waals surface area contributed by atoms with E-state index < -0.39 is 12.3 Å². The Hall–Kier alpha value is -4.02. The number of carbonyl (C=O) groups excluding carboxylic acids is 1.